The molecule has 3 rings (SSSR count). The van der Waals surface area contributed by atoms with Crippen LogP contribution in [0.2, 0.25) is 0 Å². The fourth-order valence-electron chi connectivity index (χ4n) is 2.24. The van der Waals surface area contributed by atoms with Crippen LogP contribution in [-0.4, -0.2) is 18.2 Å². The topological polar surface area (TPSA) is 64.0 Å². The van der Waals surface area contributed by atoms with Gasteiger partial charge in [0.15, 0.2) is 0 Å². The van der Waals surface area contributed by atoms with E-state index in [0.717, 1.165) is 22.2 Å². The van der Waals surface area contributed by atoms with Gasteiger partial charge in [-0.2, -0.15) is 5.10 Å². The third kappa shape index (κ3) is 4.23. The average molecular weight is 428 g/mol. The second-order valence-electron chi connectivity index (χ2n) is 5.24. The molecule has 0 unspecified atom stereocenters. The molecule has 0 fully saturated rings. The molecule has 1 N–H and O–H groups in total. The van der Waals surface area contributed by atoms with Crippen LogP contribution in [0.3, 0.4) is 0 Å². The van der Waals surface area contributed by atoms with Crippen LogP contribution < -0.4 is 4.72 Å². The average Bonchev–Trinajstić information content (AvgIpc) is 2.94. The summed E-state index contributed by atoms with van der Waals surface area (Å²) in [5, 5.41) is 4.12. The lowest BCUT2D eigenvalue weighted by atomic mass is 10.2. The van der Waals surface area contributed by atoms with E-state index < -0.39 is 26.6 Å². The first kappa shape index (κ1) is 17.6. The Morgan fingerprint density at radius 3 is 2.68 bits per heavy atom. The van der Waals surface area contributed by atoms with Gasteiger partial charge in [0, 0.05) is 11.9 Å². The Kier molecular flexibility index (Phi) is 4.87. The highest BCUT2D eigenvalue weighted by Crippen LogP contribution is 2.21. The molecule has 0 aliphatic carbocycles. The lowest BCUT2D eigenvalue weighted by Gasteiger charge is -2.10. The Morgan fingerprint density at radius 1 is 1.16 bits per heavy atom. The van der Waals surface area contributed by atoms with Gasteiger partial charge in [0.05, 0.1) is 17.2 Å². The molecule has 3 aromatic rings. The molecular formula is C16H12BrF2N3O2S. The van der Waals surface area contributed by atoms with Crippen LogP contribution >= 0.6 is 15.9 Å². The Bertz CT molecular complexity index is 1020. The number of hydrogen-bond donors (Lipinski definition) is 1. The number of aromatic nitrogens is 2. The van der Waals surface area contributed by atoms with Crippen molar-refractivity contribution in [2.75, 3.05) is 4.72 Å². The van der Waals surface area contributed by atoms with Crippen LogP contribution in [0.1, 0.15) is 5.56 Å². The normalized spacial score (nSPS) is 11.5. The van der Waals surface area contributed by atoms with Crippen LogP contribution in [0.4, 0.5) is 14.5 Å². The largest absolute Gasteiger partial charge is 0.280 e. The molecule has 0 spiro atoms. The molecular weight excluding hydrogens is 416 g/mol. The molecule has 25 heavy (non-hydrogen) atoms. The highest BCUT2D eigenvalue weighted by molar-refractivity contribution is 9.10. The van der Waals surface area contributed by atoms with Gasteiger partial charge in [0.1, 0.15) is 16.5 Å². The molecule has 1 heterocycles. The van der Waals surface area contributed by atoms with Gasteiger partial charge in [-0.25, -0.2) is 17.2 Å². The summed E-state index contributed by atoms with van der Waals surface area (Å²) in [5.74, 6) is -1.86. The molecule has 2 aromatic carbocycles. The van der Waals surface area contributed by atoms with Crippen LogP contribution in [0, 0.1) is 11.6 Å². The van der Waals surface area contributed by atoms with E-state index in [2.05, 4.69) is 25.8 Å². The van der Waals surface area contributed by atoms with E-state index in [9.17, 15) is 17.2 Å². The summed E-state index contributed by atoms with van der Waals surface area (Å²) in [4.78, 5) is -0.742. The number of sulfonamides is 1. The number of hydrogen-bond acceptors (Lipinski definition) is 3. The number of nitrogens with zero attached hydrogens (tertiary/aromatic N) is 2. The summed E-state index contributed by atoms with van der Waals surface area (Å²) in [5.41, 5.74) is 1.03. The fraction of sp³-hybridized carbons (Fsp3) is 0.0625. The van der Waals surface area contributed by atoms with Gasteiger partial charge in [-0.15, -0.1) is 0 Å². The maximum atomic E-state index is 13.7. The highest BCUT2D eigenvalue weighted by Gasteiger charge is 2.20. The maximum absolute atomic E-state index is 13.7. The van der Waals surface area contributed by atoms with E-state index in [1.807, 2.05) is 0 Å². The monoisotopic (exact) mass is 427 g/mol. The summed E-state index contributed by atoms with van der Waals surface area (Å²) >= 11 is 3.30. The van der Waals surface area contributed by atoms with E-state index >= 15 is 0 Å². The number of rotatable bonds is 5. The minimum atomic E-state index is -4.25. The van der Waals surface area contributed by atoms with Crippen molar-refractivity contribution in [2.45, 2.75) is 11.4 Å². The predicted octanol–water partition coefficient (Wildman–Crippen LogP) is 3.77. The van der Waals surface area contributed by atoms with E-state index in [1.54, 1.807) is 35.3 Å². The standard InChI is InChI=1S/C16H12BrF2N3O2S/c17-12-8-20-22(10-12)9-11-2-1-3-14(6-11)21-25(23,24)16-7-13(18)4-5-15(16)19/h1-8,10,21H,9H2. The lowest BCUT2D eigenvalue weighted by molar-refractivity contribution is 0.555. The maximum Gasteiger partial charge on any atom is 0.264 e. The first-order chi connectivity index (χ1) is 11.8. The molecule has 0 radical (unpaired) electrons. The van der Waals surface area contributed by atoms with Gasteiger partial charge in [-0.05, 0) is 51.8 Å². The molecule has 0 saturated carbocycles. The van der Waals surface area contributed by atoms with Crippen LogP contribution in [0.15, 0.2) is 64.2 Å². The molecule has 0 amide bonds. The van der Waals surface area contributed by atoms with E-state index in [0.29, 0.717) is 12.6 Å². The highest BCUT2D eigenvalue weighted by atomic mass is 79.9. The minimum absolute atomic E-state index is 0.243. The van der Waals surface area contributed by atoms with Crippen LogP contribution in [-0.2, 0) is 16.6 Å². The summed E-state index contributed by atoms with van der Waals surface area (Å²) in [6.45, 7) is 0.426. The molecule has 1 aromatic heterocycles. The van der Waals surface area contributed by atoms with Gasteiger partial charge in [-0.1, -0.05) is 12.1 Å². The van der Waals surface area contributed by atoms with E-state index in [1.165, 1.54) is 6.07 Å². The predicted molar refractivity (Wildman–Crippen MR) is 92.6 cm³/mol. The Hall–Kier alpha value is -2.26. The fourth-order valence-corrected chi connectivity index (χ4v) is 3.71. The van der Waals surface area contributed by atoms with Gasteiger partial charge < -0.3 is 0 Å². The second-order valence-corrected chi connectivity index (χ2v) is 7.80. The molecule has 9 heteroatoms. The lowest BCUT2D eigenvalue weighted by Crippen LogP contribution is -2.15. The summed E-state index contributed by atoms with van der Waals surface area (Å²) in [6.07, 6.45) is 3.41. The van der Waals surface area contributed by atoms with Gasteiger partial charge in [-0.3, -0.25) is 9.40 Å². The third-order valence-corrected chi connectivity index (χ3v) is 5.11. The molecule has 0 atom stereocenters. The second kappa shape index (κ2) is 6.93. The molecule has 0 bridgehead atoms. The summed E-state index contributed by atoms with van der Waals surface area (Å²) in [6, 6.07) is 8.86. The SMILES string of the molecule is O=S(=O)(Nc1cccc(Cn2cc(Br)cn2)c1)c1cc(F)ccc1F. The Morgan fingerprint density at radius 2 is 1.96 bits per heavy atom. The third-order valence-electron chi connectivity index (χ3n) is 3.31. The number of nitrogens with one attached hydrogen (secondary N) is 1. The molecule has 0 aliphatic rings. The van der Waals surface area contributed by atoms with Crippen molar-refractivity contribution in [1.82, 2.24) is 9.78 Å². The molecule has 130 valence electrons. The number of benzene rings is 2. The molecule has 0 aliphatic heterocycles. The zero-order valence-electron chi connectivity index (χ0n) is 12.7. The van der Waals surface area contributed by atoms with Crippen molar-refractivity contribution in [2.24, 2.45) is 0 Å². The van der Waals surface area contributed by atoms with Crippen molar-refractivity contribution in [1.29, 1.82) is 0 Å². The van der Waals surface area contributed by atoms with Crippen molar-refractivity contribution >= 4 is 31.6 Å². The van der Waals surface area contributed by atoms with Gasteiger partial charge >= 0.3 is 0 Å². The number of anilines is 1. The first-order valence-corrected chi connectivity index (χ1v) is 9.36. The molecule has 5 nitrogen and oxygen atoms in total. The zero-order valence-corrected chi connectivity index (χ0v) is 15.1. The van der Waals surface area contributed by atoms with E-state index in [-0.39, 0.29) is 5.69 Å². The Balaban J connectivity index is 1.85. The van der Waals surface area contributed by atoms with Crippen molar-refractivity contribution in [3.8, 4) is 0 Å². The van der Waals surface area contributed by atoms with Crippen molar-refractivity contribution in [3.63, 3.8) is 0 Å². The van der Waals surface area contributed by atoms with Crippen LogP contribution in [0.5, 0.6) is 0 Å². The summed E-state index contributed by atoms with van der Waals surface area (Å²) in [7, 11) is -4.25. The van der Waals surface area contributed by atoms with E-state index in [4.69, 9.17) is 0 Å². The molecule has 0 saturated heterocycles. The van der Waals surface area contributed by atoms with Crippen molar-refractivity contribution in [3.05, 3.63) is 76.5 Å². The van der Waals surface area contributed by atoms with Gasteiger partial charge in [0.25, 0.3) is 10.0 Å². The van der Waals surface area contributed by atoms with Crippen LogP contribution in [0.25, 0.3) is 0 Å². The quantitative estimate of drug-likeness (QED) is 0.673. The Labute approximate surface area is 151 Å². The zero-order chi connectivity index (χ0) is 18.0. The van der Waals surface area contributed by atoms with Gasteiger partial charge in [0.2, 0.25) is 0 Å². The summed E-state index contributed by atoms with van der Waals surface area (Å²) < 4.78 is 56.4. The smallest absolute Gasteiger partial charge is 0.264 e. The van der Waals surface area contributed by atoms with Crippen molar-refractivity contribution < 1.29 is 17.2 Å². The minimum Gasteiger partial charge on any atom is -0.280 e. The number of halogens is 3. The first-order valence-electron chi connectivity index (χ1n) is 7.08.